The van der Waals surface area contributed by atoms with Crippen LogP contribution in [0.1, 0.15) is 24.5 Å². The molecule has 2 aromatic rings. The number of fused-ring (bicyclic) bond motifs is 1. The van der Waals surface area contributed by atoms with Gasteiger partial charge >= 0.3 is 0 Å². The summed E-state index contributed by atoms with van der Waals surface area (Å²) in [6, 6.07) is 13.5. The van der Waals surface area contributed by atoms with Crippen molar-refractivity contribution in [3.63, 3.8) is 0 Å². The van der Waals surface area contributed by atoms with Crippen molar-refractivity contribution < 1.29 is 13.7 Å². The molecule has 132 valence electrons. The minimum atomic E-state index is -1.23. The Morgan fingerprint density at radius 2 is 1.96 bits per heavy atom. The maximum Gasteiger partial charge on any atom is 0.265 e. The van der Waals surface area contributed by atoms with E-state index in [4.69, 9.17) is 4.74 Å². The third kappa shape index (κ3) is 4.20. The molecule has 6 heteroatoms. The van der Waals surface area contributed by atoms with Gasteiger partial charge in [0.15, 0.2) is 6.61 Å². The Bertz CT molecular complexity index is 790. The first kappa shape index (κ1) is 17.5. The lowest BCUT2D eigenvalue weighted by Gasteiger charge is -2.29. The van der Waals surface area contributed by atoms with E-state index in [1.807, 2.05) is 50.2 Å². The van der Waals surface area contributed by atoms with Crippen LogP contribution in [0, 0.1) is 6.92 Å². The number of ether oxygens (including phenoxy) is 1. The van der Waals surface area contributed by atoms with Gasteiger partial charge in [0.2, 0.25) is 0 Å². The SMILES string of the molecule is CCCN1C(=O)COc2cc(NS(=O)Cc3ccc(C)cc3)ccc21. The van der Waals surface area contributed by atoms with E-state index >= 15 is 0 Å². The number of amides is 1. The van der Waals surface area contributed by atoms with Gasteiger partial charge in [-0.15, -0.1) is 0 Å². The topological polar surface area (TPSA) is 58.6 Å². The van der Waals surface area contributed by atoms with Crippen LogP contribution in [0.25, 0.3) is 0 Å². The summed E-state index contributed by atoms with van der Waals surface area (Å²) in [6.07, 6.45) is 0.881. The average Bonchev–Trinajstić information content (AvgIpc) is 2.59. The molecule has 1 atom stereocenters. The van der Waals surface area contributed by atoms with Gasteiger partial charge in [-0.2, -0.15) is 0 Å². The van der Waals surface area contributed by atoms with E-state index < -0.39 is 11.0 Å². The lowest BCUT2D eigenvalue weighted by molar-refractivity contribution is -0.121. The van der Waals surface area contributed by atoms with Gasteiger partial charge in [-0.25, -0.2) is 4.21 Å². The van der Waals surface area contributed by atoms with Crippen LogP contribution in [0.3, 0.4) is 0 Å². The summed E-state index contributed by atoms with van der Waals surface area (Å²) in [6.45, 7) is 4.77. The van der Waals surface area contributed by atoms with Crippen molar-refractivity contribution in [2.75, 3.05) is 22.8 Å². The van der Waals surface area contributed by atoms with Gasteiger partial charge < -0.3 is 14.4 Å². The highest BCUT2D eigenvalue weighted by Crippen LogP contribution is 2.34. The fourth-order valence-electron chi connectivity index (χ4n) is 2.74. The van der Waals surface area contributed by atoms with E-state index in [0.29, 0.717) is 18.0 Å². The highest BCUT2D eigenvalue weighted by atomic mass is 32.2. The number of carbonyl (C=O) groups is 1. The Labute approximate surface area is 150 Å². The Morgan fingerprint density at radius 1 is 1.20 bits per heavy atom. The molecule has 2 aromatic carbocycles. The summed E-state index contributed by atoms with van der Waals surface area (Å²) in [7, 11) is -1.23. The van der Waals surface area contributed by atoms with Crippen LogP contribution in [0.5, 0.6) is 5.75 Å². The van der Waals surface area contributed by atoms with Crippen molar-refractivity contribution in [3.8, 4) is 5.75 Å². The number of hydrogen-bond acceptors (Lipinski definition) is 3. The Hall–Kier alpha value is -2.34. The number of aryl methyl sites for hydroxylation is 1. The highest BCUT2D eigenvalue weighted by molar-refractivity contribution is 7.85. The highest BCUT2D eigenvalue weighted by Gasteiger charge is 2.25. The summed E-state index contributed by atoms with van der Waals surface area (Å²) >= 11 is 0. The van der Waals surface area contributed by atoms with Crippen molar-refractivity contribution in [2.45, 2.75) is 26.0 Å². The van der Waals surface area contributed by atoms with Gasteiger partial charge in [0, 0.05) is 12.6 Å². The van der Waals surface area contributed by atoms with Crippen molar-refractivity contribution in [1.82, 2.24) is 0 Å². The molecule has 0 aromatic heterocycles. The molecule has 0 saturated carbocycles. The number of anilines is 2. The third-order valence-electron chi connectivity index (χ3n) is 4.00. The lowest BCUT2D eigenvalue weighted by atomic mass is 10.2. The van der Waals surface area contributed by atoms with Gasteiger partial charge in [0.1, 0.15) is 16.7 Å². The smallest absolute Gasteiger partial charge is 0.265 e. The van der Waals surface area contributed by atoms with Crippen LogP contribution < -0.4 is 14.4 Å². The second-order valence-corrected chi connectivity index (χ2v) is 7.28. The fourth-order valence-corrected chi connectivity index (χ4v) is 3.70. The van der Waals surface area contributed by atoms with E-state index in [1.165, 1.54) is 5.56 Å². The minimum Gasteiger partial charge on any atom is -0.481 e. The number of hydrogen-bond donors (Lipinski definition) is 1. The van der Waals surface area contributed by atoms with Crippen LogP contribution >= 0.6 is 0 Å². The van der Waals surface area contributed by atoms with Gasteiger partial charge in [-0.1, -0.05) is 36.8 Å². The molecule has 25 heavy (non-hydrogen) atoms. The zero-order chi connectivity index (χ0) is 17.8. The summed E-state index contributed by atoms with van der Waals surface area (Å²) in [4.78, 5) is 13.7. The second-order valence-electron chi connectivity index (χ2n) is 6.09. The predicted molar refractivity (Wildman–Crippen MR) is 101 cm³/mol. The summed E-state index contributed by atoms with van der Waals surface area (Å²) in [5, 5.41) is 0. The van der Waals surface area contributed by atoms with Gasteiger partial charge in [0.25, 0.3) is 5.91 Å². The average molecular weight is 358 g/mol. The molecule has 3 rings (SSSR count). The predicted octanol–water partition coefficient (Wildman–Crippen LogP) is 3.41. The summed E-state index contributed by atoms with van der Waals surface area (Å²) < 4.78 is 20.9. The molecule has 1 heterocycles. The number of benzene rings is 2. The minimum absolute atomic E-state index is 0.0296. The standard InChI is InChI=1S/C19H22N2O3S/c1-3-10-21-17-9-8-16(11-18(17)24-12-19(21)22)20-25(23)13-15-6-4-14(2)5-7-15/h4-9,11,20H,3,10,12-13H2,1-2H3. The monoisotopic (exact) mass is 358 g/mol. The third-order valence-corrected chi connectivity index (χ3v) is 5.06. The van der Waals surface area contributed by atoms with Crippen molar-refractivity contribution in [2.24, 2.45) is 0 Å². The van der Waals surface area contributed by atoms with E-state index in [-0.39, 0.29) is 12.5 Å². The van der Waals surface area contributed by atoms with Crippen LogP contribution in [0.4, 0.5) is 11.4 Å². The summed E-state index contributed by atoms with van der Waals surface area (Å²) in [5.74, 6) is 1.04. The van der Waals surface area contributed by atoms with Gasteiger partial charge in [-0.3, -0.25) is 4.79 Å². The number of rotatable bonds is 6. The molecule has 1 aliphatic rings. The first-order valence-corrected chi connectivity index (χ1v) is 9.66. The zero-order valence-electron chi connectivity index (χ0n) is 14.5. The molecule has 0 fully saturated rings. The maximum atomic E-state index is 12.3. The maximum absolute atomic E-state index is 12.3. The van der Waals surface area contributed by atoms with Gasteiger partial charge in [-0.05, 0) is 31.0 Å². The first-order chi connectivity index (χ1) is 12.1. The number of nitrogens with one attached hydrogen (secondary N) is 1. The number of nitrogens with zero attached hydrogens (tertiary/aromatic N) is 1. The molecular weight excluding hydrogens is 336 g/mol. The molecule has 0 bridgehead atoms. The van der Waals surface area contributed by atoms with Crippen molar-refractivity contribution in [1.29, 1.82) is 0 Å². The van der Waals surface area contributed by atoms with Crippen LogP contribution in [0.2, 0.25) is 0 Å². The lowest BCUT2D eigenvalue weighted by Crippen LogP contribution is -2.39. The van der Waals surface area contributed by atoms with Gasteiger partial charge in [0.05, 0.1) is 17.1 Å². The quantitative estimate of drug-likeness (QED) is 0.861. The molecule has 1 amide bonds. The van der Waals surface area contributed by atoms with Crippen molar-refractivity contribution >= 4 is 28.3 Å². The van der Waals surface area contributed by atoms with E-state index in [1.54, 1.807) is 11.0 Å². The fraction of sp³-hybridized carbons (Fsp3) is 0.316. The molecule has 5 nitrogen and oxygen atoms in total. The van der Waals surface area contributed by atoms with E-state index in [2.05, 4.69) is 4.72 Å². The van der Waals surface area contributed by atoms with Crippen LogP contribution in [0.15, 0.2) is 42.5 Å². The normalized spacial score (nSPS) is 14.6. The first-order valence-electron chi connectivity index (χ1n) is 8.34. The number of carbonyl (C=O) groups excluding carboxylic acids is 1. The molecule has 0 aliphatic carbocycles. The van der Waals surface area contributed by atoms with E-state index in [0.717, 1.165) is 23.4 Å². The van der Waals surface area contributed by atoms with E-state index in [9.17, 15) is 9.00 Å². The molecule has 1 N–H and O–H groups in total. The molecule has 1 aliphatic heterocycles. The molecular formula is C19H22N2O3S. The zero-order valence-corrected chi connectivity index (χ0v) is 15.3. The largest absolute Gasteiger partial charge is 0.481 e. The van der Waals surface area contributed by atoms with Crippen LogP contribution in [-0.2, 0) is 21.5 Å². The molecule has 0 radical (unpaired) electrons. The summed E-state index contributed by atoms with van der Waals surface area (Å²) in [5.41, 5.74) is 3.69. The Morgan fingerprint density at radius 3 is 2.68 bits per heavy atom. The Kier molecular flexibility index (Phi) is 5.38. The van der Waals surface area contributed by atoms with Crippen molar-refractivity contribution in [3.05, 3.63) is 53.6 Å². The Balaban J connectivity index is 1.70. The second kappa shape index (κ2) is 7.70. The van der Waals surface area contributed by atoms with Crippen LogP contribution in [-0.4, -0.2) is 23.3 Å². The molecule has 1 unspecified atom stereocenters. The molecule has 0 saturated heterocycles. The molecule has 0 spiro atoms.